The molecule has 0 amide bonds. The van der Waals surface area contributed by atoms with Gasteiger partial charge in [-0.05, 0) is 0 Å². The number of rotatable bonds is 1. The molecule has 0 bridgehead atoms. The summed E-state index contributed by atoms with van der Waals surface area (Å²) in [6.45, 7) is 1.76. The van der Waals surface area contributed by atoms with Crippen molar-refractivity contribution >= 4 is 21.5 Å². The lowest BCUT2D eigenvalue weighted by molar-refractivity contribution is -0.00000316. The Labute approximate surface area is 72.7 Å². The zero-order valence-corrected chi connectivity index (χ0v) is 8.81. The van der Waals surface area contributed by atoms with Crippen LogP contribution < -0.4 is 17.0 Å². The number of hydrogen-bond acceptors (Lipinski definition) is 1. The van der Waals surface area contributed by atoms with Crippen LogP contribution in [0.15, 0.2) is 10.4 Å². The van der Waals surface area contributed by atoms with Crippen molar-refractivity contribution in [2.45, 2.75) is 6.92 Å². The summed E-state index contributed by atoms with van der Waals surface area (Å²) in [4.78, 5) is 0.749. The third-order valence-electron chi connectivity index (χ3n) is 0.929. The van der Waals surface area contributed by atoms with E-state index >= 15 is 0 Å². The van der Waals surface area contributed by atoms with E-state index < -0.39 is 9.93 Å². The molecule has 0 spiro atoms. The van der Waals surface area contributed by atoms with Crippen molar-refractivity contribution in [3.05, 3.63) is 10.4 Å². The van der Waals surface area contributed by atoms with Gasteiger partial charge in [0, 0.05) is 6.92 Å². The topological polar surface area (TPSA) is 17.1 Å². The first-order chi connectivity index (χ1) is 3.48. The van der Waals surface area contributed by atoms with E-state index in [9.17, 15) is 4.21 Å². The number of allylic oxidation sites excluding steroid dienone is 1. The standard InChI is InChI=1S/C5H10ClOS.BrH/c1-5(4-6)8(2,3)7;/h4H,1-3H3;1H/q+1;/p-1/b5-4+;. The molecule has 0 aromatic rings. The molecule has 0 radical (unpaired) electrons. The SMILES string of the molecule is C/C(=C\Cl)[S+](C)(C)=O.[Br-]. The third-order valence-corrected chi connectivity index (χ3v) is 3.05. The predicted octanol–water partition coefficient (Wildman–Crippen LogP) is -1.15. The molecule has 0 fully saturated rings. The summed E-state index contributed by atoms with van der Waals surface area (Å²) in [5.74, 6) is 0. The van der Waals surface area contributed by atoms with E-state index in [4.69, 9.17) is 11.6 Å². The molecule has 0 unspecified atom stereocenters. The maximum absolute atomic E-state index is 11.0. The van der Waals surface area contributed by atoms with Crippen LogP contribution in [0, 0.1) is 0 Å². The van der Waals surface area contributed by atoms with Gasteiger partial charge in [0.05, 0.1) is 5.54 Å². The molecule has 56 valence electrons. The molecule has 0 aliphatic rings. The second kappa shape index (κ2) is 4.47. The number of halogens is 2. The van der Waals surface area contributed by atoms with Crippen molar-refractivity contribution in [3.63, 3.8) is 0 Å². The molecule has 4 heteroatoms. The Morgan fingerprint density at radius 3 is 1.89 bits per heavy atom. The van der Waals surface area contributed by atoms with E-state index in [1.54, 1.807) is 19.4 Å². The lowest BCUT2D eigenvalue weighted by Gasteiger charge is -1.95. The summed E-state index contributed by atoms with van der Waals surface area (Å²) >= 11 is 5.30. The van der Waals surface area contributed by atoms with Crippen LogP contribution in [0.25, 0.3) is 0 Å². The summed E-state index contributed by atoms with van der Waals surface area (Å²) in [7, 11) is -1.77. The minimum atomic E-state index is -1.77. The van der Waals surface area contributed by atoms with Crippen LogP contribution in [-0.4, -0.2) is 12.5 Å². The smallest absolute Gasteiger partial charge is 0.142 e. The van der Waals surface area contributed by atoms with Crippen molar-refractivity contribution in [1.82, 2.24) is 0 Å². The fourth-order valence-electron chi connectivity index (χ4n) is 0.107. The normalized spacial score (nSPS) is 12.7. The summed E-state index contributed by atoms with van der Waals surface area (Å²) in [5, 5.41) is 0. The molecule has 0 aromatic carbocycles. The van der Waals surface area contributed by atoms with Crippen molar-refractivity contribution in [3.8, 4) is 0 Å². The summed E-state index contributed by atoms with van der Waals surface area (Å²) in [6, 6.07) is 0. The Morgan fingerprint density at radius 2 is 1.89 bits per heavy atom. The van der Waals surface area contributed by atoms with E-state index in [1.165, 1.54) is 5.54 Å². The van der Waals surface area contributed by atoms with Crippen molar-refractivity contribution in [1.29, 1.82) is 0 Å². The molecule has 0 aliphatic heterocycles. The highest BCUT2D eigenvalue weighted by atomic mass is 79.9. The molecule has 0 saturated carbocycles. The molecule has 0 N–H and O–H groups in total. The van der Waals surface area contributed by atoms with Gasteiger partial charge in [-0.3, -0.25) is 0 Å². The minimum absolute atomic E-state index is 0. The molecule has 0 rings (SSSR count). The second-order valence-electron chi connectivity index (χ2n) is 1.95. The molecule has 0 aromatic heterocycles. The first-order valence-corrected chi connectivity index (χ1v) is 5.01. The van der Waals surface area contributed by atoms with Gasteiger partial charge in [0.15, 0.2) is 0 Å². The van der Waals surface area contributed by atoms with Gasteiger partial charge in [0.2, 0.25) is 0 Å². The Hall–Kier alpha value is 0.660. The molecule has 9 heavy (non-hydrogen) atoms. The van der Waals surface area contributed by atoms with Gasteiger partial charge < -0.3 is 17.0 Å². The van der Waals surface area contributed by atoms with Crippen molar-refractivity contribution in [2.75, 3.05) is 12.5 Å². The predicted molar refractivity (Wildman–Crippen MR) is 39.5 cm³/mol. The Kier molecular flexibility index (Phi) is 6.13. The average molecular weight is 234 g/mol. The number of hydrogen-bond donors (Lipinski definition) is 0. The molecule has 0 aliphatic carbocycles. The van der Waals surface area contributed by atoms with Gasteiger partial charge in [-0.2, -0.15) is 0 Å². The van der Waals surface area contributed by atoms with E-state index in [1.807, 2.05) is 0 Å². The zero-order valence-electron chi connectivity index (χ0n) is 5.65. The molecule has 1 nitrogen and oxygen atoms in total. The van der Waals surface area contributed by atoms with Crippen LogP contribution in [0.5, 0.6) is 0 Å². The Balaban J connectivity index is 0. The van der Waals surface area contributed by atoms with Gasteiger partial charge >= 0.3 is 0 Å². The van der Waals surface area contributed by atoms with Gasteiger partial charge in [-0.1, -0.05) is 11.6 Å². The van der Waals surface area contributed by atoms with Crippen molar-refractivity contribution < 1.29 is 21.2 Å². The van der Waals surface area contributed by atoms with E-state index in [0.717, 1.165) is 4.91 Å². The largest absolute Gasteiger partial charge is 1.00 e. The first-order valence-electron chi connectivity index (χ1n) is 2.19. The molecular formula is C5H10BrClOS. The zero-order chi connectivity index (χ0) is 6.78. The minimum Gasteiger partial charge on any atom is -1.00 e. The summed E-state index contributed by atoms with van der Waals surface area (Å²) in [5.41, 5.74) is 1.36. The highest BCUT2D eigenvalue weighted by molar-refractivity contribution is 8.05. The van der Waals surface area contributed by atoms with Crippen LogP contribution in [-0.2, 0) is 14.1 Å². The van der Waals surface area contributed by atoms with Crippen LogP contribution in [0.3, 0.4) is 0 Å². The highest BCUT2D eigenvalue weighted by Gasteiger charge is 2.14. The average Bonchev–Trinajstić information content (AvgIpc) is 1.62. The molecular weight excluding hydrogens is 223 g/mol. The third kappa shape index (κ3) is 5.12. The van der Waals surface area contributed by atoms with E-state index in [-0.39, 0.29) is 17.0 Å². The van der Waals surface area contributed by atoms with Crippen LogP contribution in [0.1, 0.15) is 6.92 Å². The van der Waals surface area contributed by atoms with Crippen molar-refractivity contribution in [2.24, 2.45) is 0 Å². The van der Waals surface area contributed by atoms with E-state index in [0.29, 0.717) is 0 Å². The Morgan fingerprint density at radius 1 is 1.56 bits per heavy atom. The van der Waals surface area contributed by atoms with Gasteiger partial charge in [0.25, 0.3) is 0 Å². The second-order valence-corrected chi connectivity index (χ2v) is 5.28. The van der Waals surface area contributed by atoms with Gasteiger partial charge in [0.1, 0.15) is 27.3 Å². The van der Waals surface area contributed by atoms with Crippen LogP contribution in [0.2, 0.25) is 0 Å². The highest BCUT2D eigenvalue weighted by Crippen LogP contribution is 2.09. The molecule has 0 saturated heterocycles. The monoisotopic (exact) mass is 232 g/mol. The Bertz CT molecular complexity index is 149. The van der Waals surface area contributed by atoms with Crippen LogP contribution >= 0.6 is 11.6 Å². The first kappa shape index (κ1) is 12.3. The maximum Gasteiger partial charge on any atom is 0.142 e. The van der Waals surface area contributed by atoms with E-state index in [2.05, 4.69) is 0 Å². The quantitative estimate of drug-likeness (QED) is 0.523. The van der Waals surface area contributed by atoms with Crippen LogP contribution in [0.4, 0.5) is 0 Å². The van der Waals surface area contributed by atoms with Gasteiger partial charge in [-0.15, -0.1) is 4.21 Å². The van der Waals surface area contributed by atoms with Gasteiger partial charge in [-0.25, -0.2) is 0 Å². The molecule has 0 heterocycles. The maximum atomic E-state index is 11.0. The summed E-state index contributed by atoms with van der Waals surface area (Å²) in [6.07, 6.45) is 3.34. The fourth-order valence-corrected chi connectivity index (χ4v) is 0.965. The lowest BCUT2D eigenvalue weighted by atomic mass is 10.8. The lowest BCUT2D eigenvalue weighted by Crippen LogP contribution is -3.00. The molecule has 0 atom stereocenters. The fraction of sp³-hybridized carbons (Fsp3) is 0.600. The summed E-state index contributed by atoms with van der Waals surface area (Å²) < 4.78 is 11.0.